The van der Waals surface area contributed by atoms with Crippen molar-refractivity contribution in [3.8, 4) is 17.2 Å². The first-order chi connectivity index (χ1) is 22.5. The molecule has 6 aliphatic rings. The summed E-state index contributed by atoms with van der Waals surface area (Å²) in [4.78, 5) is 18.4. The SMILES string of the molecule is CCOC(=O)c1cccc(Oc2c(OC)ccc3c2[C@]24CCN(CC5CC5)[C@H](C3)[C@]23CC[C@@H]2[C@H]4[C@@H](CN2Cc2ccccc2)C3)c1. The molecule has 0 spiro atoms. The van der Waals surface area contributed by atoms with Gasteiger partial charge in [0.15, 0.2) is 11.5 Å². The standard InChI is InChI=1S/C40H46N2O4/c1-3-45-38(43)29-10-7-11-31(20-29)46-37-33(44-2)15-14-28-21-34-39-17-16-32-35(30(22-39)25-42(32)24-26-8-5-4-6-9-26)40(39,36(28)37)18-19-41(34)23-27-12-13-27/h4-11,14-15,20,27,30,32,34-35H,3,12-13,16-19,21-25H2,1-2H3/t30-,32-,34-,35-,39-,40-/m1/s1. The van der Waals surface area contributed by atoms with Gasteiger partial charge in [0.1, 0.15) is 5.75 Å². The first-order valence-electron chi connectivity index (χ1n) is 17.7. The average molecular weight is 619 g/mol. The minimum Gasteiger partial charge on any atom is -0.493 e. The third-order valence-electron chi connectivity index (χ3n) is 13.0. The fourth-order valence-corrected chi connectivity index (χ4v) is 11.4. The highest BCUT2D eigenvalue weighted by molar-refractivity contribution is 5.89. The highest BCUT2D eigenvalue weighted by Gasteiger charge is 2.76. The van der Waals surface area contributed by atoms with Crippen LogP contribution in [0.1, 0.15) is 72.5 Å². The number of esters is 1. The number of carbonyl (C=O) groups excluding carboxylic acids is 1. The third kappa shape index (κ3) is 4.18. The third-order valence-corrected chi connectivity index (χ3v) is 13.0. The van der Waals surface area contributed by atoms with E-state index in [1.165, 1.54) is 74.8 Å². The van der Waals surface area contributed by atoms with Crippen LogP contribution in [0, 0.1) is 23.2 Å². The number of likely N-dealkylation sites (tertiary alicyclic amines) is 2. The Bertz CT molecular complexity index is 1650. The Labute approximate surface area is 273 Å². The van der Waals surface area contributed by atoms with Crippen LogP contribution in [0.5, 0.6) is 17.2 Å². The molecule has 2 heterocycles. The van der Waals surface area contributed by atoms with E-state index in [0.29, 0.717) is 41.8 Å². The lowest BCUT2D eigenvalue weighted by atomic mass is 9.43. The monoisotopic (exact) mass is 618 g/mol. The fourth-order valence-electron chi connectivity index (χ4n) is 11.4. The molecule has 0 aromatic heterocycles. The zero-order valence-electron chi connectivity index (χ0n) is 27.3. The minimum atomic E-state index is -0.321. The maximum atomic E-state index is 12.7. The topological polar surface area (TPSA) is 51.2 Å². The number of fused-ring (bicyclic) bond motifs is 1. The lowest BCUT2D eigenvalue weighted by molar-refractivity contribution is -0.106. The van der Waals surface area contributed by atoms with E-state index in [1.807, 2.05) is 25.1 Å². The molecule has 0 amide bonds. The first kappa shape index (κ1) is 28.8. The van der Waals surface area contributed by atoms with Crippen LogP contribution in [0.2, 0.25) is 0 Å². The van der Waals surface area contributed by atoms with Gasteiger partial charge in [-0.15, -0.1) is 0 Å². The summed E-state index contributed by atoms with van der Waals surface area (Å²) in [5, 5.41) is 0. The van der Waals surface area contributed by atoms with Crippen molar-refractivity contribution in [3.63, 3.8) is 0 Å². The number of hydrogen-bond donors (Lipinski definition) is 0. The molecule has 3 aromatic rings. The second kappa shape index (κ2) is 10.8. The summed E-state index contributed by atoms with van der Waals surface area (Å²) < 4.78 is 18.4. The van der Waals surface area contributed by atoms with Crippen molar-refractivity contribution in [1.82, 2.24) is 9.80 Å². The summed E-state index contributed by atoms with van der Waals surface area (Å²) in [5.74, 6) is 4.20. The maximum Gasteiger partial charge on any atom is 0.338 e. The van der Waals surface area contributed by atoms with E-state index in [4.69, 9.17) is 14.2 Å². The molecular weight excluding hydrogens is 572 g/mol. The molecule has 9 rings (SSSR count). The van der Waals surface area contributed by atoms with Gasteiger partial charge < -0.3 is 14.2 Å². The van der Waals surface area contributed by atoms with Gasteiger partial charge in [0.2, 0.25) is 0 Å². The Morgan fingerprint density at radius 3 is 2.65 bits per heavy atom. The summed E-state index contributed by atoms with van der Waals surface area (Å²) in [6.07, 6.45) is 8.98. The first-order valence-corrected chi connectivity index (χ1v) is 17.7. The summed E-state index contributed by atoms with van der Waals surface area (Å²) in [5.41, 5.74) is 5.11. The van der Waals surface area contributed by atoms with Gasteiger partial charge in [0, 0.05) is 42.7 Å². The quantitative estimate of drug-likeness (QED) is 0.236. The molecule has 6 atom stereocenters. The number of hydrogen-bond acceptors (Lipinski definition) is 6. The molecule has 3 saturated carbocycles. The Hall–Kier alpha value is -3.35. The summed E-state index contributed by atoms with van der Waals surface area (Å²) >= 11 is 0. The largest absolute Gasteiger partial charge is 0.493 e. The van der Waals surface area contributed by atoms with Crippen molar-refractivity contribution in [2.24, 2.45) is 23.2 Å². The van der Waals surface area contributed by atoms with Crippen LogP contribution in [-0.2, 0) is 23.1 Å². The van der Waals surface area contributed by atoms with Gasteiger partial charge >= 0.3 is 5.97 Å². The normalized spacial score (nSPS) is 32.5. The number of benzene rings is 3. The molecule has 4 aliphatic carbocycles. The lowest BCUT2D eigenvalue weighted by Crippen LogP contribution is -2.69. The number of methoxy groups -OCH3 is 1. The second-order valence-corrected chi connectivity index (χ2v) is 15.0. The van der Waals surface area contributed by atoms with Crippen LogP contribution in [0.4, 0.5) is 0 Å². The fraction of sp³-hybridized carbons (Fsp3) is 0.525. The molecule has 0 radical (unpaired) electrons. The van der Waals surface area contributed by atoms with Crippen molar-refractivity contribution >= 4 is 5.97 Å². The Kier molecular flexibility index (Phi) is 6.80. The lowest BCUT2D eigenvalue weighted by Gasteiger charge is -2.66. The van der Waals surface area contributed by atoms with E-state index in [-0.39, 0.29) is 16.8 Å². The Balaban J connectivity index is 1.17. The van der Waals surface area contributed by atoms with Crippen LogP contribution in [0.15, 0.2) is 66.7 Å². The molecule has 4 bridgehead atoms. The van der Waals surface area contributed by atoms with Gasteiger partial charge in [-0.3, -0.25) is 9.80 Å². The smallest absolute Gasteiger partial charge is 0.338 e. The Morgan fingerprint density at radius 1 is 0.978 bits per heavy atom. The summed E-state index contributed by atoms with van der Waals surface area (Å²) in [7, 11) is 1.77. The van der Waals surface area contributed by atoms with E-state index < -0.39 is 0 Å². The summed E-state index contributed by atoms with van der Waals surface area (Å²) in [6.45, 7) is 6.86. The molecule has 6 heteroatoms. The number of carbonyl (C=O) groups is 1. The molecule has 46 heavy (non-hydrogen) atoms. The van der Waals surface area contributed by atoms with E-state index in [2.05, 4.69) is 52.3 Å². The second-order valence-electron chi connectivity index (χ2n) is 15.0. The minimum absolute atomic E-state index is 0.0486. The van der Waals surface area contributed by atoms with Crippen LogP contribution in [-0.4, -0.2) is 61.2 Å². The zero-order chi connectivity index (χ0) is 31.0. The number of nitrogens with zero attached hydrogens (tertiary/aromatic N) is 2. The molecule has 3 aromatic carbocycles. The van der Waals surface area contributed by atoms with E-state index in [1.54, 1.807) is 13.2 Å². The zero-order valence-corrected chi connectivity index (χ0v) is 27.3. The molecular formula is C40H46N2O4. The van der Waals surface area contributed by atoms with Gasteiger partial charge in [-0.05, 0) is 117 Å². The predicted molar refractivity (Wildman–Crippen MR) is 177 cm³/mol. The molecule has 2 saturated heterocycles. The number of rotatable bonds is 9. The van der Waals surface area contributed by atoms with E-state index >= 15 is 0 Å². The average Bonchev–Trinajstić information content (AvgIpc) is 3.78. The Morgan fingerprint density at radius 2 is 1.85 bits per heavy atom. The molecule has 0 unspecified atom stereocenters. The van der Waals surface area contributed by atoms with Crippen LogP contribution < -0.4 is 9.47 Å². The number of piperidine rings is 1. The number of ether oxygens (including phenoxy) is 3. The van der Waals surface area contributed by atoms with E-state index in [9.17, 15) is 4.79 Å². The molecule has 0 N–H and O–H groups in total. The van der Waals surface area contributed by atoms with Gasteiger partial charge in [-0.2, -0.15) is 0 Å². The van der Waals surface area contributed by atoms with Crippen molar-refractivity contribution in [2.75, 3.05) is 33.4 Å². The van der Waals surface area contributed by atoms with Crippen molar-refractivity contribution in [1.29, 1.82) is 0 Å². The van der Waals surface area contributed by atoms with Crippen molar-refractivity contribution in [3.05, 3.63) is 89.0 Å². The molecule has 6 nitrogen and oxygen atoms in total. The van der Waals surface area contributed by atoms with Gasteiger partial charge in [-0.1, -0.05) is 42.5 Å². The highest BCUT2D eigenvalue weighted by atomic mass is 16.5. The van der Waals surface area contributed by atoms with Crippen molar-refractivity contribution in [2.45, 2.75) is 75.9 Å². The predicted octanol–water partition coefficient (Wildman–Crippen LogP) is 7.24. The summed E-state index contributed by atoms with van der Waals surface area (Å²) in [6, 6.07) is 24.2. The maximum absolute atomic E-state index is 12.7. The van der Waals surface area contributed by atoms with Crippen LogP contribution >= 0.6 is 0 Å². The molecule has 5 fully saturated rings. The van der Waals surface area contributed by atoms with Gasteiger partial charge in [0.05, 0.1) is 19.3 Å². The van der Waals surface area contributed by atoms with Crippen molar-refractivity contribution < 1.29 is 19.0 Å². The molecule has 2 aliphatic heterocycles. The highest BCUT2D eigenvalue weighted by Crippen LogP contribution is 2.77. The van der Waals surface area contributed by atoms with Gasteiger partial charge in [-0.25, -0.2) is 4.79 Å². The van der Waals surface area contributed by atoms with Crippen LogP contribution in [0.3, 0.4) is 0 Å². The molecule has 240 valence electrons. The van der Waals surface area contributed by atoms with Gasteiger partial charge in [0.25, 0.3) is 0 Å². The van der Waals surface area contributed by atoms with Crippen LogP contribution in [0.25, 0.3) is 0 Å². The van der Waals surface area contributed by atoms with E-state index in [0.717, 1.165) is 30.4 Å².